The summed E-state index contributed by atoms with van der Waals surface area (Å²) in [4.78, 5) is 27.5. The van der Waals surface area contributed by atoms with Crippen molar-refractivity contribution in [1.82, 2.24) is 24.5 Å². The molecule has 0 aliphatic rings. The lowest BCUT2D eigenvalue weighted by Crippen LogP contribution is -2.14. The molecule has 8 nitrogen and oxygen atoms in total. The summed E-state index contributed by atoms with van der Waals surface area (Å²) in [5, 5.41) is 0. The average Bonchev–Trinajstić information content (AvgIpc) is 3.61. The number of para-hydroxylation sites is 2. The minimum absolute atomic E-state index is 0.0485. The van der Waals surface area contributed by atoms with Crippen molar-refractivity contribution in [2.24, 2.45) is 7.05 Å². The lowest BCUT2D eigenvalue weighted by molar-refractivity contribution is 0.477. The standard InChI is InChI=1S/C22H21N3O2.C16H15BrN2O/c1-13-6-5-7-14(2)21(13)27-22-17(16-8-11-19(26)25(4)12-16)9-10-18-20(22)24-15(3)23-18;1-9-5-4-6-10(2)15(9)20-16-12(17)7-8-13-14(16)19-11(3)18-13/h5-12H,1-4H3,(H,23,24);4-8H,1-3H3,(H,18,19). The maximum atomic E-state index is 11.8. The molecule has 3 aromatic heterocycles. The van der Waals surface area contributed by atoms with Crippen LogP contribution in [0.2, 0.25) is 0 Å². The number of rotatable bonds is 5. The molecule has 0 spiro atoms. The zero-order valence-corrected chi connectivity index (χ0v) is 29.0. The molecule has 0 radical (unpaired) electrons. The van der Waals surface area contributed by atoms with E-state index in [1.807, 2.05) is 114 Å². The number of aromatic nitrogens is 5. The molecule has 0 amide bonds. The van der Waals surface area contributed by atoms with Crippen LogP contribution in [0.1, 0.15) is 33.9 Å². The van der Waals surface area contributed by atoms with Gasteiger partial charge in [0.15, 0.2) is 11.5 Å². The van der Waals surface area contributed by atoms with Crippen molar-refractivity contribution in [3.05, 3.63) is 128 Å². The lowest BCUT2D eigenvalue weighted by atomic mass is 10.0. The van der Waals surface area contributed by atoms with Crippen LogP contribution in [-0.4, -0.2) is 24.5 Å². The Labute approximate surface area is 281 Å². The first-order valence-corrected chi connectivity index (χ1v) is 16.1. The molecule has 0 aliphatic heterocycles. The van der Waals surface area contributed by atoms with Gasteiger partial charge in [-0.25, -0.2) is 9.97 Å². The van der Waals surface area contributed by atoms with E-state index in [0.717, 1.165) is 88.8 Å². The zero-order chi connectivity index (χ0) is 33.4. The number of hydrogen-bond donors (Lipinski definition) is 2. The molecule has 7 aromatic rings. The number of benzene rings is 4. The van der Waals surface area contributed by atoms with Crippen LogP contribution in [0.3, 0.4) is 0 Å². The Balaban J connectivity index is 0.000000172. The molecule has 0 fully saturated rings. The minimum atomic E-state index is -0.0485. The van der Waals surface area contributed by atoms with Crippen molar-refractivity contribution >= 4 is 38.0 Å². The maximum Gasteiger partial charge on any atom is 0.250 e. The third-order valence-corrected chi connectivity index (χ3v) is 8.65. The summed E-state index contributed by atoms with van der Waals surface area (Å²) in [6.07, 6.45) is 1.82. The number of halogens is 1. The van der Waals surface area contributed by atoms with Gasteiger partial charge in [-0.05, 0) is 110 Å². The molecule has 47 heavy (non-hydrogen) atoms. The number of nitrogens with zero attached hydrogens (tertiary/aromatic N) is 3. The smallest absolute Gasteiger partial charge is 0.250 e. The number of H-pyrrole nitrogens is 2. The molecule has 2 N–H and O–H groups in total. The largest absolute Gasteiger partial charge is 0.454 e. The molecule has 238 valence electrons. The predicted molar refractivity (Wildman–Crippen MR) is 192 cm³/mol. The van der Waals surface area contributed by atoms with E-state index in [2.05, 4.69) is 35.9 Å². The molecule has 0 saturated heterocycles. The monoisotopic (exact) mass is 689 g/mol. The zero-order valence-electron chi connectivity index (χ0n) is 27.4. The van der Waals surface area contributed by atoms with E-state index in [0.29, 0.717) is 5.75 Å². The van der Waals surface area contributed by atoms with Gasteiger partial charge in [0.2, 0.25) is 5.56 Å². The molecule has 4 aromatic carbocycles. The summed E-state index contributed by atoms with van der Waals surface area (Å²) in [5.74, 6) is 4.87. The Morgan fingerprint density at radius 3 is 1.64 bits per heavy atom. The topological polar surface area (TPSA) is 97.8 Å². The fourth-order valence-corrected chi connectivity index (χ4v) is 6.03. The summed E-state index contributed by atoms with van der Waals surface area (Å²) in [5.41, 5.74) is 9.62. The SMILES string of the molecule is Cc1nc2c(Oc3c(C)cccc3C)c(-c3ccc(=O)n(C)c3)ccc2[nH]1.Cc1nc2c(Oc3c(C)cccc3C)c(Br)ccc2[nH]1. The van der Waals surface area contributed by atoms with E-state index < -0.39 is 0 Å². The Morgan fingerprint density at radius 2 is 1.11 bits per heavy atom. The van der Waals surface area contributed by atoms with Gasteiger partial charge in [-0.3, -0.25) is 4.79 Å². The summed E-state index contributed by atoms with van der Waals surface area (Å²) in [6, 6.07) is 23.6. The quantitative estimate of drug-likeness (QED) is 0.188. The van der Waals surface area contributed by atoms with Gasteiger partial charge in [0, 0.05) is 30.4 Å². The first-order valence-electron chi connectivity index (χ1n) is 15.3. The van der Waals surface area contributed by atoms with Crippen LogP contribution in [-0.2, 0) is 7.05 Å². The second-order valence-corrected chi connectivity index (χ2v) is 12.6. The first kappa shape index (κ1) is 31.8. The van der Waals surface area contributed by atoms with Crippen molar-refractivity contribution in [3.8, 4) is 34.1 Å². The van der Waals surface area contributed by atoms with Crippen molar-refractivity contribution in [2.45, 2.75) is 41.5 Å². The molecule has 0 bridgehead atoms. The molecule has 7 rings (SSSR count). The Bertz CT molecular complexity index is 2290. The molecule has 9 heteroatoms. The van der Waals surface area contributed by atoms with Crippen LogP contribution >= 0.6 is 15.9 Å². The highest BCUT2D eigenvalue weighted by atomic mass is 79.9. The molecular formula is C38H36BrN5O3. The number of imidazole rings is 2. The third-order valence-electron chi connectivity index (χ3n) is 8.03. The average molecular weight is 691 g/mol. The number of pyridine rings is 1. The minimum Gasteiger partial charge on any atom is -0.454 e. The van der Waals surface area contributed by atoms with Crippen molar-refractivity contribution in [3.63, 3.8) is 0 Å². The number of aromatic amines is 2. The molecule has 3 heterocycles. The number of aryl methyl sites for hydroxylation is 7. The van der Waals surface area contributed by atoms with Crippen molar-refractivity contribution in [2.75, 3.05) is 0 Å². The lowest BCUT2D eigenvalue weighted by Gasteiger charge is -2.16. The van der Waals surface area contributed by atoms with Gasteiger partial charge in [-0.1, -0.05) is 36.4 Å². The van der Waals surface area contributed by atoms with Crippen LogP contribution < -0.4 is 15.0 Å². The fourth-order valence-electron chi connectivity index (χ4n) is 5.63. The third kappa shape index (κ3) is 6.44. The van der Waals surface area contributed by atoms with Crippen LogP contribution in [0.5, 0.6) is 23.0 Å². The second-order valence-electron chi connectivity index (χ2n) is 11.8. The first-order chi connectivity index (χ1) is 22.5. The van der Waals surface area contributed by atoms with Gasteiger partial charge in [-0.2, -0.15) is 0 Å². The van der Waals surface area contributed by atoms with Crippen LogP contribution in [0.4, 0.5) is 0 Å². The number of ether oxygens (including phenoxy) is 2. The highest BCUT2D eigenvalue weighted by Gasteiger charge is 2.18. The van der Waals surface area contributed by atoms with Crippen LogP contribution in [0.25, 0.3) is 33.2 Å². The van der Waals surface area contributed by atoms with Crippen molar-refractivity contribution in [1.29, 1.82) is 0 Å². The second kappa shape index (κ2) is 12.9. The Kier molecular flexibility index (Phi) is 8.75. The highest BCUT2D eigenvalue weighted by Crippen LogP contribution is 2.41. The fraction of sp³-hybridized carbons (Fsp3) is 0.184. The summed E-state index contributed by atoms with van der Waals surface area (Å²) in [6.45, 7) is 12.0. The molecule has 0 unspecified atom stereocenters. The highest BCUT2D eigenvalue weighted by molar-refractivity contribution is 9.10. The van der Waals surface area contributed by atoms with Gasteiger partial charge >= 0.3 is 0 Å². The Morgan fingerprint density at radius 1 is 0.617 bits per heavy atom. The van der Waals surface area contributed by atoms with Crippen LogP contribution in [0.15, 0.2) is 88.3 Å². The van der Waals surface area contributed by atoms with Crippen molar-refractivity contribution < 1.29 is 9.47 Å². The van der Waals surface area contributed by atoms with Crippen LogP contribution in [0, 0.1) is 41.5 Å². The molecule has 0 aliphatic carbocycles. The maximum absolute atomic E-state index is 11.8. The predicted octanol–water partition coefficient (Wildman–Crippen LogP) is 9.69. The van der Waals surface area contributed by atoms with Gasteiger partial charge in [0.25, 0.3) is 0 Å². The molecular weight excluding hydrogens is 654 g/mol. The number of nitrogens with one attached hydrogen (secondary N) is 2. The number of hydrogen-bond acceptors (Lipinski definition) is 5. The van der Waals surface area contributed by atoms with Gasteiger partial charge < -0.3 is 24.0 Å². The van der Waals surface area contributed by atoms with E-state index in [1.165, 1.54) is 0 Å². The molecule has 0 saturated carbocycles. The molecule has 0 atom stereocenters. The van der Waals surface area contributed by atoms with E-state index >= 15 is 0 Å². The van der Waals surface area contributed by atoms with E-state index in [1.54, 1.807) is 17.7 Å². The number of fused-ring (bicyclic) bond motifs is 2. The van der Waals surface area contributed by atoms with E-state index in [9.17, 15) is 4.79 Å². The van der Waals surface area contributed by atoms with E-state index in [-0.39, 0.29) is 5.56 Å². The van der Waals surface area contributed by atoms with Gasteiger partial charge in [-0.15, -0.1) is 0 Å². The normalized spacial score (nSPS) is 11.1. The summed E-state index contributed by atoms with van der Waals surface area (Å²) < 4.78 is 15.1. The summed E-state index contributed by atoms with van der Waals surface area (Å²) in [7, 11) is 1.75. The van der Waals surface area contributed by atoms with E-state index in [4.69, 9.17) is 9.47 Å². The Hall–Kier alpha value is -5.15. The van der Waals surface area contributed by atoms with Gasteiger partial charge in [0.1, 0.15) is 34.2 Å². The van der Waals surface area contributed by atoms with Gasteiger partial charge in [0.05, 0.1) is 15.5 Å². The summed E-state index contributed by atoms with van der Waals surface area (Å²) >= 11 is 3.55.